The fraction of sp³-hybridized carbons (Fsp3) is 0.538. The van der Waals surface area contributed by atoms with Crippen molar-refractivity contribution >= 4 is 27.5 Å². The van der Waals surface area contributed by atoms with Gasteiger partial charge in [-0.3, -0.25) is 0 Å². The van der Waals surface area contributed by atoms with Crippen molar-refractivity contribution in [2.24, 2.45) is 5.92 Å². The summed E-state index contributed by atoms with van der Waals surface area (Å²) in [5.74, 6) is 0.583. The molecule has 0 spiro atoms. The molecule has 1 heterocycles. The summed E-state index contributed by atoms with van der Waals surface area (Å²) < 4.78 is 5.44. The van der Waals surface area contributed by atoms with Crippen LogP contribution in [0, 0.1) is 19.8 Å². The quantitative estimate of drug-likeness (QED) is 0.734. The Balaban J connectivity index is 2.28. The van der Waals surface area contributed by atoms with Gasteiger partial charge >= 0.3 is 0 Å². The Morgan fingerprint density at radius 3 is 2.75 bits per heavy atom. The number of rotatable bonds is 2. The highest BCUT2D eigenvalue weighted by Gasteiger charge is 2.26. The second-order valence-electron chi connectivity index (χ2n) is 4.48. The summed E-state index contributed by atoms with van der Waals surface area (Å²) in [6, 6.07) is 4.24. The smallest absolute Gasteiger partial charge is 0.0509 e. The van der Waals surface area contributed by atoms with Gasteiger partial charge in [0.05, 0.1) is 6.61 Å². The first-order valence-corrected chi connectivity index (χ1v) is 6.87. The van der Waals surface area contributed by atoms with Crippen LogP contribution in [-0.4, -0.2) is 13.2 Å². The number of alkyl halides is 1. The summed E-state index contributed by atoms with van der Waals surface area (Å²) in [7, 11) is 0. The number of ether oxygens (including phenoxy) is 1. The van der Waals surface area contributed by atoms with Gasteiger partial charge in [-0.1, -0.05) is 33.6 Å². The molecule has 1 fully saturated rings. The molecule has 1 aromatic carbocycles. The minimum Gasteiger partial charge on any atom is -0.381 e. The second-order valence-corrected chi connectivity index (χ2v) is 5.88. The van der Waals surface area contributed by atoms with Crippen LogP contribution in [-0.2, 0) is 4.74 Å². The van der Waals surface area contributed by atoms with Crippen LogP contribution in [0.2, 0.25) is 5.02 Å². The Labute approximate surface area is 110 Å². The lowest BCUT2D eigenvalue weighted by molar-refractivity contribution is 0.185. The maximum atomic E-state index is 6.11. The van der Waals surface area contributed by atoms with E-state index in [-0.39, 0.29) is 0 Å². The largest absolute Gasteiger partial charge is 0.381 e. The third-order valence-corrected chi connectivity index (χ3v) is 4.87. The minimum atomic E-state index is 0.381. The molecule has 3 heteroatoms. The van der Waals surface area contributed by atoms with Gasteiger partial charge in [-0.05, 0) is 43.0 Å². The van der Waals surface area contributed by atoms with E-state index >= 15 is 0 Å². The average molecular weight is 304 g/mol. The van der Waals surface area contributed by atoms with Crippen molar-refractivity contribution in [3.05, 3.63) is 33.8 Å². The van der Waals surface area contributed by atoms with E-state index in [9.17, 15) is 0 Å². The third kappa shape index (κ3) is 2.44. The van der Waals surface area contributed by atoms with Gasteiger partial charge in [0.2, 0.25) is 0 Å². The van der Waals surface area contributed by atoms with Crippen molar-refractivity contribution in [2.75, 3.05) is 13.2 Å². The standard InChI is InChI=1S/C13H16BrClO/c1-8-6-12(15)9(2)5-11(8)13(14)10-3-4-16-7-10/h5-6,10,13H,3-4,7H2,1-2H3. The highest BCUT2D eigenvalue weighted by molar-refractivity contribution is 9.09. The maximum Gasteiger partial charge on any atom is 0.0509 e. The zero-order chi connectivity index (χ0) is 11.7. The van der Waals surface area contributed by atoms with Crippen LogP contribution < -0.4 is 0 Å². The van der Waals surface area contributed by atoms with E-state index in [1.807, 2.05) is 0 Å². The topological polar surface area (TPSA) is 9.23 Å². The predicted molar refractivity (Wildman–Crippen MR) is 71.5 cm³/mol. The number of aryl methyl sites for hydroxylation is 2. The van der Waals surface area contributed by atoms with E-state index in [1.54, 1.807) is 0 Å². The Morgan fingerprint density at radius 1 is 1.38 bits per heavy atom. The average Bonchev–Trinajstić information content (AvgIpc) is 2.75. The van der Waals surface area contributed by atoms with E-state index in [2.05, 4.69) is 41.9 Å². The number of hydrogen-bond donors (Lipinski definition) is 0. The molecule has 0 aliphatic carbocycles. The molecular formula is C13H16BrClO. The number of halogens is 2. The minimum absolute atomic E-state index is 0.381. The summed E-state index contributed by atoms with van der Waals surface area (Å²) in [6.45, 7) is 5.91. The molecule has 0 N–H and O–H groups in total. The zero-order valence-electron chi connectivity index (χ0n) is 9.59. The van der Waals surface area contributed by atoms with Crippen molar-refractivity contribution in [1.82, 2.24) is 0 Å². The first kappa shape index (κ1) is 12.4. The van der Waals surface area contributed by atoms with Crippen molar-refractivity contribution in [3.8, 4) is 0 Å². The Hall–Kier alpha value is -0.0500. The Bertz CT molecular complexity index is 386. The van der Waals surface area contributed by atoms with Crippen LogP contribution in [0.25, 0.3) is 0 Å². The molecule has 2 rings (SSSR count). The zero-order valence-corrected chi connectivity index (χ0v) is 11.9. The molecule has 1 aliphatic rings. The monoisotopic (exact) mass is 302 g/mol. The fourth-order valence-electron chi connectivity index (χ4n) is 2.14. The first-order valence-electron chi connectivity index (χ1n) is 5.58. The molecule has 1 saturated heterocycles. The van der Waals surface area contributed by atoms with Crippen molar-refractivity contribution < 1.29 is 4.74 Å². The molecule has 88 valence electrons. The highest BCUT2D eigenvalue weighted by atomic mass is 79.9. The van der Waals surface area contributed by atoms with E-state index in [0.717, 1.165) is 30.2 Å². The van der Waals surface area contributed by atoms with Gasteiger partial charge in [0.25, 0.3) is 0 Å². The van der Waals surface area contributed by atoms with Crippen molar-refractivity contribution in [2.45, 2.75) is 25.1 Å². The van der Waals surface area contributed by atoms with E-state index in [4.69, 9.17) is 16.3 Å². The molecular weight excluding hydrogens is 287 g/mol. The van der Waals surface area contributed by atoms with Crippen LogP contribution in [0.1, 0.15) is 27.9 Å². The number of hydrogen-bond acceptors (Lipinski definition) is 1. The lowest BCUT2D eigenvalue weighted by Crippen LogP contribution is -2.08. The van der Waals surface area contributed by atoms with Crippen LogP contribution in [0.4, 0.5) is 0 Å². The molecule has 1 nitrogen and oxygen atoms in total. The molecule has 1 aromatic rings. The van der Waals surface area contributed by atoms with E-state index < -0.39 is 0 Å². The molecule has 2 unspecified atom stereocenters. The van der Waals surface area contributed by atoms with Gasteiger partial charge < -0.3 is 4.74 Å². The fourth-order valence-corrected chi connectivity index (χ4v) is 3.27. The molecule has 1 aliphatic heterocycles. The van der Waals surface area contributed by atoms with Gasteiger partial charge in [-0.2, -0.15) is 0 Å². The lowest BCUT2D eigenvalue weighted by Gasteiger charge is -2.19. The molecule has 0 saturated carbocycles. The highest BCUT2D eigenvalue weighted by Crippen LogP contribution is 2.38. The summed E-state index contributed by atoms with van der Waals surface area (Å²) >= 11 is 9.91. The van der Waals surface area contributed by atoms with Gasteiger partial charge in [0.1, 0.15) is 0 Å². The van der Waals surface area contributed by atoms with Crippen molar-refractivity contribution in [1.29, 1.82) is 0 Å². The van der Waals surface area contributed by atoms with Crippen LogP contribution in [0.15, 0.2) is 12.1 Å². The van der Waals surface area contributed by atoms with Gasteiger partial charge in [-0.15, -0.1) is 0 Å². The molecule has 0 amide bonds. The second kappa shape index (κ2) is 5.07. The molecule has 16 heavy (non-hydrogen) atoms. The van der Waals surface area contributed by atoms with Crippen LogP contribution in [0.3, 0.4) is 0 Å². The Morgan fingerprint density at radius 2 is 2.12 bits per heavy atom. The molecule has 2 atom stereocenters. The summed E-state index contributed by atoms with van der Waals surface area (Å²) in [5, 5.41) is 0.851. The van der Waals surface area contributed by atoms with Crippen molar-refractivity contribution in [3.63, 3.8) is 0 Å². The predicted octanol–water partition coefficient (Wildman–Crippen LogP) is 4.43. The SMILES string of the molecule is Cc1cc(C(Br)C2CCOC2)c(C)cc1Cl. The van der Waals surface area contributed by atoms with Gasteiger partial charge in [-0.25, -0.2) is 0 Å². The molecule has 0 aromatic heterocycles. The summed E-state index contributed by atoms with van der Waals surface area (Å²) in [6.07, 6.45) is 1.14. The third-order valence-electron chi connectivity index (χ3n) is 3.22. The first-order chi connectivity index (χ1) is 7.59. The molecule has 0 radical (unpaired) electrons. The Kier molecular flexibility index (Phi) is 3.93. The van der Waals surface area contributed by atoms with Crippen LogP contribution >= 0.6 is 27.5 Å². The van der Waals surface area contributed by atoms with Gasteiger partial charge in [0, 0.05) is 22.4 Å². The summed E-state index contributed by atoms with van der Waals surface area (Å²) in [4.78, 5) is 0.381. The van der Waals surface area contributed by atoms with E-state index in [0.29, 0.717) is 10.7 Å². The van der Waals surface area contributed by atoms with Gasteiger partial charge in [0.15, 0.2) is 0 Å². The normalized spacial score (nSPS) is 22.4. The lowest BCUT2D eigenvalue weighted by atomic mass is 9.94. The summed E-state index contributed by atoms with van der Waals surface area (Å²) in [5.41, 5.74) is 3.74. The van der Waals surface area contributed by atoms with E-state index in [1.165, 1.54) is 11.1 Å². The number of benzene rings is 1. The molecule has 0 bridgehead atoms. The maximum absolute atomic E-state index is 6.11. The van der Waals surface area contributed by atoms with Crippen LogP contribution in [0.5, 0.6) is 0 Å².